The summed E-state index contributed by atoms with van der Waals surface area (Å²) in [6.45, 7) is 2.93. The highest BCUT2D eigenvalue weighted by Gasteiger charge is 2.11. The van der Waals surface area contributed by atoms with Crippen molar-refractivity contribution in [3.63, 3.8) is 0 Å². The van der Waals surface area contributed by atoms with Gasteiger partial charge in [0, 0.05) is 27.4 Å². The number of hydrogen-bond acceptors (Lipinski definition) is 3. The van der Waals surface area contributed by atoms with E-state index in [9.17, 15) is 4.79 Å². The topological polar surface area (TPSA) is 56.1 Å². The predicted molar refractivity (Wildman–Crippen MR) is 128 cm³/mol. The molecule has 0 bridgehead atoms. The number of halogens is 2. The van der Waals surface area contributed by atoms with E-state index >= 15 is 0 Å². The quantitative estimate of drug-likeness (QED) is 0.344. The van der Waals surface area contributed by atoms with Gasteiger partial charge in [0.05, 0.1) is 6.54 Å². The van der Waals surface area contributed by atoms with Gasteiger partial charge in [-0.25, -0.2) is 0 Å². The van der Waals surface area contributed by atoms with Gasteiger partial charge in [-0.2, -0.15) is 5.10 Å². The van der Waals surface area contributed by atoms with Crippen LogP contribution in [0.1, 0.15) is 27.2 Å². The molecule has 0 fully saturated rings. The minimum absolute atomic E-state index is 0.219. The first-order chi connectivity index (χ1) is 15.5. The molecule has 5 nitrogen and oxygen atoms in total. The molecule has 4 aromatic rings. The fourth-order valence-electron chi connectivity index (χ4n) is 3.16. The van der Waals surface area contributed by atoms with E-state index in [1.54, 1.807) is 24.3 Å². The first-order valence-electron chi connectivity index (χ1n) is 10.0. The molecule has 162 valence electrons. The standard InChI is InChI=1S/C25H21Cl2N3O2/c1-17-13-24(29-30(17)15-18-7-11-21(26)12-8-18)28-25(31)20-9-5-19(6-10-20)16-32-23-4-2-3-22(27)14-23/h2-14H,15-16H2,1H3,(H,28,29,31). The molecule has 1 aromatic heterocycles. The largest absolute Gasteiger partial charge is 0.489 e. The molecule has 0 radical (unpaired) electrons. The zero-order valence-electron chi connectivity index (χ0n) is 17.4. The van der Waals surface area contributed by atoms with Crippen LogP contribution in [0.15, 0.2) is 78.9 Å². The maximum atomic E-state index is 12.6. The van der Waals surface area contributed by atoms with Crippen LogP contribution >= 0.6 is 23.2 Å². The summed E-state index contributed by atoms with van der Waals surface area (Å²) < 4.78 is 7.58. The summed E-state index contributed by atoms with van der Waals surface area (Å²) in [4.78, 5) is 12.6. The summed E-state index contributed by atoms with van der Waals surface area (Å²) in [6, 6.07) is 24.0. The second-order valence-corrected chi connectivity index (χ2v) is 8.23. The van der Waals surface area contributed by atoms with Crippen molar-refractivity contribution in [2.24, 2.45) is 0 Å². The van der Waals surface area contributed by atoms with Crippen LogP contribution in [0.3, 0.4) is 0 Å². The third-order valence-corrected chi connectivity index (χ3v) is 5.37. The molecule has 7 heteroatoms. The Bertz CT molecular complexity index is 1220. The summed E-state index contributed by atoms with van der Waals surface area (Å²) in [7, 11) is 0. The summed E-state index contributed by atoms with van der Waals surface area (Å²) >= 11 is 11.9. The van der Waals surface area contributed by atoms with E-state index in [0.29, 0.717) is 40.3 Å². The van der Waals surface area contributed by atoms with Gasteiger partial charge in [0.15, 0.2) is 5.82 Å². The molecule has 0 aliphatic carbocycles. The number of amides is 1. The number of benzene rings is 3. The monoisotopic (exact) mass is 465 g/mol. The van der Waals surface area contributed by atoms with Crippen LogP contribution in [-0.4, -0.2) is 15.7 Å². The van der Waals surface area contributed by atoms with Gasteiger partial charge in [0.25, 0.3) is 5.91 Å². The molecule has 1 N–H and O–H groups in total. The summed E-state index contributed by atoms with van der Waals surface area (Å²) in [5, 5.41) is 8.68. The average Bonchev–Trinajstić information content (AvgIpc) is 3.12. The van der Waals surface area contributed by atoms with E-state index in [2.05, 4.69) is 10.4 Å². The molecule has 1 heterocycles. The fraction of sp³-hybridized carbons (Fsp3) is 0.120. The van der Waals surface area contributed by atoms with Gasteiger partial charge >= 0.3 is 0 Å². The first-order valence-corrected chi connectivity index (χ1v) is 10.8. The van der Waals surface area contributed by atoms with Crippen molar-refractivity contribution in [2.75, 3.05) is 5.32 Å². The summed E-state index contributed by atoms with van der Waals surface area (Å²) in [6.07, 6.45) is 0. The van der Waals surface area contributed by atoms with Gasteiger partial charge in [-0.1, -0.05) is 53.5 Å². The van der Waals surface area contributed by atoms with Crippen molar-refractivity contribution in [3.8, 4) is 5.75 Å². The SMILES string of the molecule is Cc1cc(NC(=O)c2ccc(COc3cccc(Cl)c3)cc2)nn1Cc1ccc(Cl)cc1. The maximum absolute atomic E-state index is 12.6. The molecular weight excluding hydrogens is 445 g/mol. The molecular formula is C25H21Cl2N3O2. The lowest BCUT2D eigenvalue weighted by Gasteiger charge is -2.08. The van der Waals surface area contributed by atoms with Crippen molar-refractivity contribution in [2.45, 2.75) is 20.1 Å². The van der Waals surface area contributed by atoms with Gasteiger partial charge < -0.3 is 10.1 Å². The van der Waals surface area contributed by atoms with E-state index in [4.69, 9.17) is 27.9 Å². The molecule has 0 atom stereocenters. The Kier molecular flexibility index (Phi) is 6.78. The third-order valence-electron chi connectivity index (χ3n) is 4.89. The normalized spacial score (nSPS) is 10.7. The zero-order chi connectivity index (χ0) is 22.5. The van der Waals surface area contributed by atoms with Crippen LogP contribution in [0.25, 0.3) is 0 Å². The predicted octanol–water partition coefficient (Wildman–Crippen LogP) is 6.38. The van der Waals surface area contributed by atoms with Crippen LogP contribution in [0.5, 0.6) is 5.75 Å². The molecule has 3 aromatic carbocycles. The molecule has 32 heavy (non-hydrogen) atoms. The van der Waals surface area contributed by atoms with Gasteiger partial charge in [-0.15, -0.1) is 0 Å². The van der Waals surface area contributed by atoms with Gasteiger partial charge in [0.2, 0.25) is 0 Å². The first kappa shape index (κ1) is 21.9. The lowest BCUT2D eigenvalue weighted by Crippen LogP contribution is -2.13. The van der Waals surface area contributed by atoms with Crippen molar-refractivity contribution in [1.82, 2.24) is 9.78 Å². The summed E-state index contributed by atoms with van der Waals surface area (Å²) in [5.74, 6) is 0.988. The van der Waals surface area contributed by atoms with Crippen LogP contribution in [0, 0.1) is 6.92 Å². The number of aromatic nitrogens is 2. The molecule has 0 aliphatic heterocycles. The minimum Gasteiger partial charge on any atom is -0.489 e. The van der Waals surface area contributed by atoms with Gasteiger partial charge in [-0.05, 0) is 60.5 Å². The number of carbonyl (C=O) groups is 1. The molecule has 0 saturated carbocycles. The Morgan fingerprint density at radius 1 is 0.938 bits per heavy atom. The molecule has 0 unspecified atom stereocenters. The Morgan fingerprint density at radius 3 is 2.38 bits per heavy atom. The molecule has 4 rings (SSSR count). The Labute approximate surface area is 196 Å². The Balaban J connectivity index is 1.36. The van der Waals surface area contributed by atoms with Crippen LogP contribution in [0.2, 0.25) is 10.0 Å². The van der Waals surface area contributed by atoms with E-state index < -0.39 is 0 Å². The highest BCUT2D eigenvalue weighted by Crippen LogP contribution is 2.19. The molecule has 1 amide bonds. The van der Waals surface area contributed by atoms with Crippen molar-refractivity contribution in [1.29, 1.82) is 0 Å². The van der Waals surface area contributed by atoms with Crippen LogP contribution in [0.4, 0.5) is 5.82 Å². The number of hydrogen-bond donors (Lipinski definition) is 1. The van der Waals surface area contributed by atoms with E-state index in [-0.39, 0.29) is 5.91 Å². The number of anilines is 1. The van der Waals surface area contributed by atoms with E-state index in [1.807, 2.05) is 66.2 Å². The number of ether oxygens (including phenoxy) is 1. The number of carbonyl (C=O) groups excluding carboxylic acids is 1. The smallest absolute Gasteiger partial charge is 0.256 e. The third kappa shape index (κ3) is 5.69. The maximum Gasteiger partial charge on any atom is 0.256 e. The second kappa shape index (κ2) is 9.90. The van der Waals surface area contributed by atoms with Crippen molar-refractivity contribution in [3.05, 3.63) is 111 Å². The Morgan fingerprint density at radius 2 is 1.66 bits per heavy atom. The highest BCUT2D eigenvalue weighted by atomic mass is 35.5. The van der Waals surface area contributed by atoms with E-state index in [0.717, 1.165) is 16.8 Å². The number of aryl methyl sites for hydroxylation is 1. The average molecular weight is 466 g/mol. The van der Waals surface area contributed by atoms with Crippen LogP contribution in [-0.2, 0) is 13.2 Å². The minimum atomic E-state index is -0.219. The second-order valence-electron chi connectivity index (χ2n) is 7.35. The number of nitrogens with one attached hydrogen (secondary N) is 1. The zero-order valence-corrected chi connectivity index (χ0v) is 18.9. The molecule has 0 spiro atoms. The van der Waals surface area contributed by atoms with Crippen LogP contribution < -0.4 is 10.1 Å². The number of rotatable bonds is 7. The van der Waals surface area contributed by atoms with Crippen molar-refractivity contribution < 1.29 is 9.53 Å². The van der Waals surface area contributed by atoms with Gasteiger partial charge in [0.1, 0.15) is 12.4 Å². The number of nitrogens with zero attached hydrogens (tertiary/aromatic N) is 2. The summed E-state index contributed by atoms with van der Waals surface area (Å²) in [5.41, 5.74) is 3.52. The Hall–Kier alpha value is -3.28. The fourth-order valence-corrected chi connectivity index (χ4v) is 3.46. The lowest BCUT2D eigenvalue weighted by molar-refractivity contribution is 0.102. The van der Waals surface area contributed by atoms with E-state index in [1.165, 1.54) is 0 Å². The highest BCUT2D eigenvalue weighted by molar-refractivity contribution is 6.30. The molecule has 0 saturated heterocycles. The van der Waals surface area contributed by atoms with Crippen molar-refractivity contribution >= 4 is 34.9 Å². The van der Waals surface area contributed by atoms with Gasteiger partial charge in [-0.3, -0.25) is 9.48 Å². The molecule has 0 aliphatic rings. The lowest BCUT2D eigenvalue weighted by atomic mass is 10.1.